The molecule has 0 saturated carbocycles. The molecule has 5 nitrogen and oxygen atoms in total. The number of methoxy groups -OCH3 is 1. The molecule has 2 N–H and O–H groups in total. The van der Waals surface area contributed by atoms with E-state index in [1.165, 1.54) is 13.2 Å². The Kier molecular flexibility index (Phi) is 4.61. The van der Waals surface area contributed by atoms with Crippen LogP contribution in [0.25, 0.3) is 0 Å². The lowest BCUT2D eigenvalue weighted by Gasteiger charge is -2.24. The third kappa shape index (κ3) is 2.66. The molecule has 7 heteroatoms. The summed E-state index contributed by atoms with van der Waals surface area (Å²) in [4.78, 5) is 0.140. The van der Waals surface area contributed by atoms with Gasteiger partial charge in [-0.1, -0.05) is 6.92 Å². The van der Waals surface area contributed by atoms with Gasteiger partial charge < -0.3 is 10.5 Å². The minimum Gasteiger partial charge on any atom is -0.495 e. The lowest BCUT2D eigenvalue weighted by molar-refractivity contribution is 0.370. The Morgan fingerprint density at radius 2 is 2.20 bits per heavy atom. The maximum absolute atomic E-state index is 12.8. The van der Waals surface area contributed by atoms with Crippen LogP contribution >= 0.6 is 15.9 Å². The molecule has 1 atom stereocenters. The number of nitrogens with zero attached hydrogens (tertiary/aromatic N) is 1. The van der Waals surface area contributed by atoms with Gasteiger partial charge in [0.15, 0.2) is 0 Å². The van der Waals surface area contributed by atoms with E-state index in [4.69, 9.17) is 10.5 Å². The normalized spacial score (nSPS) is 20.2. The Balaban J connectivity index is 2.51. The summed E-state index contributed by atoms with van der Waals surface area (Å²) in [6.45, 7) is 2.56. The molecule has 20 heavy (non-hydrogen) atoms. The smallest absolute Gasteiger partial charge is 0.247 e. The van der Waals surface area contributed by atoms with E-state index in [9.17, 15) is 8.42 Å². The zero-order valence-corrected chi connectivity index (χ0v) is 14.0. The van der Waals surface area contributed by atoms with Crippen molar-refractivity contribution >= 4 is 31.6 Å². The summed E-state index contributed by atoms with van der Waals surface area (Å²) in [6.07, 6.45) is 2.61. The number of nitrogens with two attached hydrogens (primary N) is 1. The van der Waals surface area contributed by atoms with Gasteiger partial charge in [-0.05, 0) is 47.3 Å². The van der Waals surface area contributed by atoms with Gasteiger partial charge >= 0.3 is 0 Å². The molecule has 0 amide bonds. The van der Waals surface area contributed by atoms with E-state index in [1.807, 2.05) is 6.92 Å². The largest absolute Gasteiger partial charge is 0.495 e. The van der Waals surface area contributed by atoms with Crippen molar-refractivity contribution < 1.29 is 13.2 Å². The van der Waals surface area contributed by atoms with E-state index in [1.54, 1.807) is 10.4 Å². The molecular formula is C13H19BrN2O3S. The number of hydrogen-bond acceptors (Lipinski definition) is 4. The van der Waals surface area contributed by atoms with E-state index in [0.29, 0.717) is 22.5 Å². The molecule has 0 bridgehead atoms. The van der Waals surface area contributed by atoms with Crippen LogP contribution in [0.15, 0.2) is 21.5 Å². The number of ether oxygens (including phenoxy) is 1. The van der Waals surface area contributed by atoms with Crippen LogP contribution in [-0.4, -0.2) is 32.4 Å². The zero-order valence-electron chi connectivity index (χ0n) is 11.6. The molecule has 0 aromatic heterocycles. The van der Waals surface area contributed by atoms with Gasteiger partial charge in [0.1, 0.15) is 10.6 Å². The first-order valence-electron chi connectivity index (χ1n) is 6.56. The minimum absolute atomic E-state index is 0.0644. The molecule has 0 radical (unpaired) electrons. The number of benzene rings is 1. The molecular weight excluding hydrogens is 344 g/mol. The van der Waals surface area contributed by atoms with Crippen LogP contribution in [0.5, 0.6) is 5.75 Å². The van der Waals surface area contributed by atoms with Crippen molar-refractivity contribution in [1.29, 1.82) is 0 Å². The fourth-order valence-electron chi connectivity index (χ4n) is 2.57. The topological polar surface area (TPSA) is 72.6 Å². The SMILES string of the molecule is CCC1CCCN1S(=O)(=O)c1cc(N)c(Br)cc1OC. The summed E-state index contributed by atoms with van der Waals surface area (Å²) < 4.78 is 33.0. The molecule has 1 aromatic carbocycles. The van der Waals surface area contributed by atoms with E-state index in [2.05, 4.69) is 15.9 Å². The average molecular weight is 363 g/mol. The first-order valence-corrected chi connectivity index (χ1v) is 8.80. The number of halogens is 1. The maximum atomic E-state index is 12.8. The van der Waals surface area contributed by atoms with Gasteiger partial charge in [0.25, 0.3) is 0 Å². The summed E-state index contributed by atoms with van der Waals surface area (Å²) in [5.74, 6) is 0.313. The van der Waals surface area contributed by atoms with E-state index in [-0.39, 0.29) is 10.9 Å². The van der Waals surface area contributed by atoms with Crippen LogP contribution in [-0.2, 0) is 10.0 Å². The lowest BCUT2D eigenvalue weighted by Crippen LogP contribution is -2.35. The second-order valence-electron chi connectivity index (χ2n) is 4.84. The fraction of sp³-hybridized carbons (Fsp3) is 0.538. The Morgan fingerprint density at radius 1 is 1.50 bits per heavy atom. The van der Waals surface area contributed by atoms with Crippen LogP contribution in [0.2, 0.25) is 0 Å². The van der Waals surface area contributed by atoms with Gasteiger partial charge in [0.05, 0.1) is 7.11 Å². The van der Waals surface area contributed by atoms with Crippen LogP contribution in [0, 0.1) is 0 Å². The van der Waals surface area contributed by atoms with Crippen molar-refractivity contribution in [2.24, 2.45) is 0 Å². The predicted octanol–water partition coefficient (Wildman–Crippen LogP) is 2.60. The predicted molar refractivity (Wildman–Crippen MR) is 82.3 cm³/mol. The first kappa shape index (κ1) is 15.6. The van der Waals surface area contributed by atoms with Crippen LogP contribution < -0.4 is 10.5 Å². The molecule has 1 heterocycles. The number of sulfonamides is 1. The van der Waals surface area contributed by atoms with Crippen molar-refractivity contribution in [3.05, 3.63) is 16.6 Å². The Bertz CT molecular complexity index is 604. The molecule has 1 fully saturated rings. The standard InChI is InChI=1S/C13H19BrN2O3S/c1-3-9-5-4-6-16(9)20(17,18)13-8-11(15)10(14)7-12(13)19-2/h7-9H,3-6,15H2,1-2H3. The average Bonchev–Trinajstić information content (AvgIpc) is 2.90. The summed E-state index contributed by atoms with van der Waals surface area (Å²) in [7, 11) is -2.12. The highest BCUT2D eigenvalue weighted by Gasteiger charge is 2.36. The highest BCUT2D eigenvalue weighted by molar-refractivity contribution is 9.10. The highest BCUT2D eigenvalue weighted by Crippen LogP contribution is 2.36. The number of anilines is 1. The van der Waals surface area contributed by atoms with Gasteiger partial charge in [-0.25, -0.2) is 8.42 Å². The van der Waals surface area contributed by atoms with Crippen molar-refractivity contribution in [2.45, 2.75) is 37.1 Å². The number of rotatable bonds is 4. The van der Waals surface area contributed by atoms with Crippen LogP contribution in [0.3, 0.4) is 0 Å². The number of nitrogen functional groups attached to an aromatic ring is 1. The van der Waals surface area contributed by atoms with Crippen LogP contribution in [0.1, 0.15) is 26.2 Å². The van der Waals surface area contributed by atoms with Gasteiger partial charge in [-0.2, -0.15) is 4.31 Å². The Labute approximate surface area is 128 Å². The molecule has 1 aromatic rings. The first-order chi connectivity index (χ1) is 9.41. The quantitative estimate of drug-likeness (QED) is 0.835. The Hall–Kier alpha value is -0.790. The fourth-order valence-corrected chi connectivity index (χ4v) is 4.84. The summed E-state index contributed by atoms with van der Waals surface area (Å²) >= 11 is 3.28. The van der Waals surface area contributed by atoms with E-state index >= 15 is 0 Å². The van der Waals surface area contributed by atoms with Crippen molar-refractivity contribution in [1.82, 2.24) is 4.31 Å². The third-order valence-corrected chi connectivity index (χ3v) is 6.32. The van der Waals surface area contributed by atoms with Gasteiger partial charge in [-0.15, -0.1) is 0 Å². The van der Waals surface area contributed by atoms with Crippen molar-refractivity contribution in [2.75, 3.05) is 19.4 Å². The van der Waals surface area contributed by atoms with E-state index in [0.717, 1.165) is 19.3 Å². The second kappa shape index (κ2) is 5.91. The summed E-state index contributed by atoms with van der Waals surface area (Å²) in [5.41, 5.74) is 6.21. The Morgan fingerprint density at radius 3 is 2.80 bits per heavy atom. The lowest BCUT2D eigenvalue weighted by atomic mass is 10.2. The monoisotopic (exact) mass is 362 g/mol. The molecule has 1 saturated heterocycles. The van der Waals surface area contributed by atoms with Crippen LogP contribution in [0.4, 0.5) is 5.69 Å². The third-order valence-electron chi connectivity index (χ3n) is 3.66. The highest BCUT2D eigenvalue weighted by atomic mass is 79.9. The molecule has 0 aliphatic carbocycles. The van der Waals surface area contributed by atoms with E-state index < -0.39 is 10.0 Å². The molecule has 1 aliphatic heterocycles. The molecule has 1 unspecified atom stereocenters. The second-order valence-corrected chi connectivity index (χ2v) is 7.56. The van der Waals surface area contributed by atoms with Gasteiger partial charge in [-0.3, -0.25) is 0 Å². The van der Waals surface area contributed by atoms with Gasteiger partial charge in [0, 0.05) is 22.7 Å². The maximum Gasteiger partial charge on any atom is 0.247 e. The molecule has 112 valence electrons. The molecule has 1 aliphatic rings. The summed E-state index contributed by atoms with van der Waals surface area (Å²) in [6, 6.07) is 3.12. The minimum atomic E-state index is -3.57. The zero-order chi connectivity index (χ0) is 14.9. The molecule has 0 spiro atoms. The number of hydrogen-bond donors (Lipinski definition) is 1. The molecule has 2 rings (SSSR count). The van der Waals surface area contributed by atoms with Crippen molar-refractivity contribution in [3.8, 4) is 5.75 Å². The summed E-state index contributed by atoms with van der Waals surface area (Å²) in [5, 5.41) is 0. The van der Waals surface area contributed by atoms with Crippen molar-refractivity contribution in [3.63, 3.8) is 0 Å². The van der Waals surface area contributed by atoms with Gasteiger partial charge in [0.2, 0.25) is 10.0 Å².